The van der Waals surface area contributed by atoms with Crippen LogP contribution in [0, 0.1) is 0 Å². The average molecular weight is 256 g/mol. The van der Waals surface area contributed by atoms with Crippen LogP contribution in [0.5, 0.6) is 11.5 Å². The minimum absolute atomic E-state index is 0.239. The van der Waals surface area contributed by atoms with E-state index >= 15 is 0 Å². The molecular weight excluding hydrogens is 240 g/mol. The van der Waals surface area contributed by atoms with E-state index in [9.17, 15) is 4.79 Å². The summed E-state index contributed by atoms with van der Waals surface area (Å²) in [7, 11) is 1.39. The van der Waals surface area contributed by atoms with Gasteiger partial charge in [0.15, 0.2) is 0 Å². The Morgan fingerprint density at radius 1 is 0.947 bits per heavy atom. The fraction of sp³-hybridized carbons (Fsp3) is 0.188. The molecule has 0 aliphatic carbocycles. The van der Waals surface area contributed by atoms with Crippen molar-refractivity contribution in [2.75, 3.05) is 7.11 Å². The maximum absolute atomic E-state index is 11.4. The van der Waals surface area contributed by atoms with Gasteiger partial charge in [0.25, 0.3) is 0 Å². The molecule has 0 fully saturated rings. The first-order valence-electron chi connectivity index (χ1n) is 6.11. The molecule has 0 saturated carbocycles. The Labute approximate surface area is 112 Å². The summed E-state index contributed by atoms with van der Waals surface area (Å²) in [6.07, 6.45) is 0. The number of methoxy groups -OCH3 is 1. The van der Waals surface area contributed by atoms with Gasteiger partial charge in [0.1, 0.15) is 11.5 Å². The van der Waals surface area contributed by atoms with Gasteiger partial charge >= 0.3 is 5.97 Å². The van der Waals surface area contributed by atoms with E-state index in [2.05, 4.69) is 0 Å². The summed E-state index contributed by atoms with van der Waals surface area (Å²) in [5.41, 5.74) is 0.910. The minimum Gasteiger partial charge on any atom is -0.469 e. The second kappa shape index (κ2) is 6.05. The number of para-hydroxylation sites is 1. The van der Waals surface area contributed by atoms with Gasteiger partial charge in [0.2, 0.25) is 0 Å². The summed E-state index contributed by atoms with van der Waals surface area (Å²) in [6.45, 7) is 1.82. The number of rotatable bonds is 4. The monoisotopic (exact) mass is 256 g/mol. The lowest BCUT2D eigenvalue weighted by Gasteiger charge is -2.10. The molecule has 3 nitrogen and oxygen atoms in total. The zero-order valence-corrected chi connectivity index (χ0v) is 11.0. The normalized spacial score (nSPS) is 11.7. The van der Waals surface area contributed by atoms with Crippen LogP contribution in [0.1, 0.15) is 18.4 Å². The molecule has 0 aliphatic rings. The van der Waals surface area contributed by atoms with Gasteiger partial charge in [-0.1, -0.05) is 30.3 Å². The molecule has 2 aromatic carbocycles. The molecule has 0 heterocycles. The molecule has 0 radical (unpaired) electrons. The van der Waals surface area contributed by atoms with E-state index in [4.69, 9.17) is 9.47 Å². The number of ether oxygens (including phenoxy) is 2. The van der Waals surface area contributed by atoms with Gasteiger partial charge in [-0.3, -0.25) is 4.79 Å². The van der Waals surface area contributed by atoms with E-state index in [0.717, 1.165) is 17.1 Å². The molecule has 0 spiro atoms. The van der Waals surface area contributed by atoms with Crippen LogP contribution in [0.3, 0.4) is 0 Å². The molecule has 2 rings (SSSR count). The Kier molecular flexibility index (Phi) is 4.18. The molecule has 0 aromatic heterocycles. The van der Waals surface area contributed by atoms with E-state index in [-0.39, 0.29) is 11.9 Å². The van der Waals surface area contributed by atoms with E-state index in [1.807, 2.05) is 61.5 Å². The summed E-state index contributed by atoms with van der Waals surface area (Å²) < 4.78 is 10.4. The third kappa shape index (κ3) is 3.35. The summed E-state index contributed by atoms with van der Waals surface area (Å²) >= 11 is 0. The van der Waals surface area contributed by atoms with Crippen molar-refractivity contribution in [1.82, 2.24) is 0 Å². The smallest absolute Gasteiger partial charge is 0.312 e. The molecule has 1 unspecified atom stereocenters. The van der Waals surface area contributed by atoms with Crippen LogP contribution in [0.15, 0.2) is 54.6 Å². The molecule has 0 amide bonds. The Morgan fingerprint density at radius 3 is 2.11 bits per heavy atom. The van der Waals surface area contributed by atoms with Crippen molar-refractivity contribution in [1.29, 1.82) is 0 Å². The molecular formula is C16H16O3. The van der Waals surface area contributed by atoms with E-state index in [1.54, 1.807) is 0 Å². The predicted octanol–water partition coefficient (Wildman–Crippen LogP) is 3.76. The Balaban J connectivity index is 2.08. The zero-order valence-electron chi connectivity index (χ0n) is 11.0. The van der Waals surface area contributed by atoms with Gasteiger partial charge in [0.05, 0.1) is 13.0 Å². The number of carbonyl (C=O) groups excluding carboxylic acids is 1. The number of hydrogen-bond acceptors (Lipinski definition) is 3. The highest BCUT2D eigenvalue weighted by molar-refractivity contribution is 5.77. The van der Waals surface area contributed by atoms with E-state index < -0.39 is 0 Å². The van der Waals surface area contributed by atoms with Gasteiger partial charge in [-0.05, 0) is 36.8 Å². The zero-order chi connectivity index (χ0) is 13.7. The lowest BCUT2D eigenvalue weighted by molar-refractivity contribution is -0.141. The fourth-order valence-electron chi connectivity index (χ4n) is 1.76. The number of benzene rings is 2. The molecule has 1 atom stereocenters. The highest BCUT2D eigenvalue weighted by Gasteiger charge is 2.15. The second-order valence-electron chi connectivity index (χ2n) is 4.23. The number of esters is 1. The molecule has 0 bridgehead atoms. The van der Waals surface area contributed by atoms with Crippen LogP contribution in [0.4, 0.5) is 0 Å². The topological polar surface area (TPSA) is 35.5 Å². The third-order valence-corrected chi connectivity index (χ3v) is 2.91. The van der Waals surface area contributed by atoms with Gasteiger partial charge in [0, 0.05) is 0 Å². The average Bonchev–Trinajstić information content (AvgIpc) is 2.47. The lowest BCUT2D eigenvalue weighted by atomic mass is 10.0. The molecule has 0 aliphatic heterocycles. The van der Waals surface area contributed by atoms with Crippen LogP contribution in [-0.2, 0) is 9.53 Å². The Morgan fingerprint density at radius 2 is 1.53 bits per heavy atom. The fourth-order valence-corrected chi connectivity index (χ4v) is 1.76. The molecule has 0 N–H and O–H groups in total. The highest BCUT2D eigenvalue weighted by Crippen LogP contribution is 2.24. The van der Waals surface area contributed by atoms with Crippen LogP contribution < -0.4 is 4.74 Å². The van der Waals surface area contributed by atoms with Gasteiger partial charge in [-0.15, -0.1) is 0 Å². The summed E-state index contributed by atoms with van der Waals surface area (Å²) in [6, 6.07) is 17.0. The first kappa shape index (κ1) is 13.1. The van der Waals surface area contributed by atoms with Crippen molar-refractivity contribution in [2.24, 2.45) is 0 Å². The van der Waals surface area contributed by atoms with Gasteiger partial charge in [-0.2, -0.15) is 0 Å². The third-order valence-electron chi connectivity index (χ3n) is 2.91. The van der Waals surface area contributed by atoms with Crippen molar-refractivity contribution >= 4 is 5.97 Å². The quantitative estimate of drug-likeness (QED) is 0.781. The van der Waals surface area contributed by atoms with Crippen molar-refractivity contribution < 1.29 is 14.3 Å². The van der Waals surface area contributed by atoms with Crippen molar-refractivity contribution in [3.63, 3.8) is 0 Å². The highest BCUT2D eigenvalue weighted by atomic mass is 16.5. The summed E-state index contributed by atoms with van der Waals surface area (Å²) in [5, 5.41) is 0. The van der Waals surface area contributed by atoms with Crippen LogP contribution >= 0.6 is 0 Å². The maximum atomic E-state index is 11.4. The molecule has 0 saturated heterocycles. The first-order chi connectivity index (χ1) is 9.20. The lowest BCUT2D eigenvalue weighted by Crippen LogP contribution is -2.10. The first-order valence-corrected chi connectivity index (χ1v) is 6.11. The molecule has 98 valence electrons. The standard InChI is InChI=1S/C16H16O3/c1-12(16(17)18-2)13-8-10-15(11-9-13)19-14-6-4-3-5-7-14/h3-12H,1-2H3. The predicted molar refractivity (Wildman–Crippen MR) is 73.4 cm³/mol. The summed E-state index contributed by atoms with van der Waals surface area (Å²) in [4.78, 5) is 11.4. The van der Waals surface area contributed by atoms with Crippen LogP contribution in [0.25, 0.3) is 0 Å². The SMILES string of the molecule is COC(=O)C(C)c1ccc(Oc2ccccc2)cc1. The van der Waals surface area contributed by atoms with Crippen LogP contribution in [0.2, 0.25) is 0 Å². The Hall–Kier alpha value is -2.29. The number of carbonyl (C=O) groups is 1. The van der Waals surface area contributed by atoms with Crippen molar-refractivity contribution in [3.05, 3.63) is 60.2 Å². The van der Waals surface area contributed by atoms with Crippen LogP contribution in [-0.4, -0.2) is 13.1 Å². The molecule has 3 heteroatoms. The molecule has 19 heavy (non-hydrogen) atoms. The van der Waals surface area contributed by atoms with Crippen molar-refractivity contribution in [3.8, 4) is 11.5 Å². The minimum atomic E-state index is -0.268. The van der Waals surface area contributed by atoms with E-state index in [1.165, 1.54) is 7.11 Å². The maximum Gasteiger partial charge on any atom is 0.312 e. The van der Waals surface area contributed by atoms with E-state index in [0.29, 0.717) is 0 Å². The largest absolute Gasteiger partial charge is 0.469 e. The van der Waals surface area contributed by atoms with Gasteiger partial charge < -0.3 is 9.47 Å². The second-order valence-corrected chi connectivity index (χ2v) is 4.23. The summed E-state index contributed by atoms with van der Waals surface area (Å²) in [5.74, 6) is 1.02. The Bertz CT molecular complexity index is 532. The van der Waals surface area contributed by atoms with Gasteiger partial charge in [-0.25, -0.2) is 0 Å². The molecule has 2 aromatic rings. The number of hydrogen-bond donors (Lipinski definition) is 0. The van der Waals surface area contributed by atoms with Crippen molar-refractivity contribution in [2.45, 2.75) is 12.8 Å².